The first-order valence-corrected chi connectivity index (χ1v) is 28.9. The van der Waals surface area contributed by atoms with Gasteiger partial charge in [0.15, 0.2) is 0 Å². The van der Waals surface area contributed by atoms with Gasteiger partial charge in [0.25, 0.3) is 35.4 Å². The first kappa shape index (κ1) is 63.0. The molecule has 6 aliphatic rings. The molecule has 10 rings (SSSR count). The maximum atomic E-state index is 14.4. The van der Waals surface area contributed by atoms with Gasteiger partial charge >= 0.3 is 17.9 Å². The largest absolute Gasteiger partial charge is 0.461 e. The second-order valence-electron chi connectivity index (χ2n) is 23.0. The van der Waals surface area contributed by atoms with Crippen molar-refractivity contribution in [2.75, 3.05) is 43.6 Å². The Balaban J connectivity index is 0.757. The van der Waals surface area contributed by atoms with Gasteiger partial charge in [0, 0.05) is 53.8 Å². The molecule has 0 aromatic heterocycles. The Bertz CT molecular complexity index is 4000. The molecule has 2 saturated carbocycles. The van der Waals surface area contributed by atoms with E-state index in [9.17, 15) is 52.7 Å². The van der Waals surface area contributed by atoms with E-state index in [2.05, 4.69) is 79.2 Å². The molecular weight excluding hydrogens is 1170 g/mol. The standard InChI is InChI=1S/C68H64N8O15/c1-33-26-74(63(82)34(33)2)38(6)60(79)71-37(5)68(87)91-59-25-54(59)49-23-53(46-13-17-51(18-14-46)73-42(10)78)58-28-76(65(84)56(58)24-49)40(8)62(81)69-35(3)66(85)89-31-43-19-47(20-43)48-21-52(45-11-15-50(16-12-45)72-41(9)77)57-27-75(64(83)55(57)22-48)39(7)61(80)70-36(4)67(86)90-32-44-29-88-30-44/h11-18,21-24,43-44,47,54,59H,1-8,19-20,25-32H2,9-10H3,(H,69,81)(H,70,80)(H,71,79)(H,72,77)(H,73,78). The molecule has 23 heteroatoms. The van der Waals surface area contributed by atoms with Crippen LogP contribution in [-0.2, 0) is 75.2 Å². The van der Waals surface area contributed by atoms with Crippen LogP contribution in [0.1, 0.15) is 87.9 Å². The van der Waals surface area contributed by atoms with Gasteiger partial charge in [-0.15, -0.1) is 0 Å². The van der Waals surface area contributed by atoms with E-state index in [1.165, 1.54) is 18.7 Å². The third kappa shape index (κ3) is 13.4. The van der Waals surface area contributed by atoms with E-state index in [1.54, 1.807) is 60.7 Å². The predicted octanol–water partition coefficient (Wildman–Crippen LogP) is 6.56. The van der Waals surface area contributed by atoms with Crippen molar-refractivity contribution in [2.45, 2.75) is 64.1 Å². The number of ether oxygens (including phenoxy) is 4. The van der Waals surface area contributed by atoms with Crippen LogP contribution in [0.15, 0.2) is 171 Å². The monoisotopic (exact) mass is 1230 g/mol. The lowest BCUT2D eigenvalue weighted by atomic mass is 9.71. The molecule has 2 unspecified atom stereocenters. The van der Waals surface area contributed by atoms with Gasteiger partial charge in [0.1, 0.15) is 40.3 Å². The number of esters is 3. The van der Waals surface area contributed by atoms with Crippen molar-refractivity contribution < 1.29 is 71.7 Å². The maximum absolute atomic E-state index is 14.4. The molecule has 4 heterocycles. The minimum Gasteiger partial charge on any atom is -0.461 e. The molecule has 23 nitrogen and oxygen atoms in total. The summed E-state index contributed by atoms with van der Waals surface area (Å²) >= 11 is 0. The number of fused-ring (bicyclic) bond motifs is 2. The van der Waals surface area contributed by atoms with E-state index < -0.39 is 76.8 Å². The first-order valence-electron chi connectivity index (χ1n) is 28.9. The molecular formula is C68H64N8O15. The Morgan fingerprint density at radius 1 is 0.516 bits per heavy atom. The van der Waals surface area contributed by atoms with E-state index in [-0.39, 0.29) is 96.3 Å². The van der Waals surface area contributed by atoms with Crippen LogP contribution in [0.25, 0.3) is 22.3 Å². The van der Waals surface area contributed by atoms with Crippen molar-refractivity contribution in [2.24, 2.45) is 11.8 Å². The number of nitrogens with one attached hydrogen (secondary N) is 5. The lowest BCUT2D eigenvalue weighted by Gasteiger charge is -2.35. The molecule has 5 N–H and O–H groups in total. The molecule has 0 radical (unpaired) electrons. The third-order valence-electron chi connectivity index (χ3n) is 16.5. The van der Waals surface area contributed by atoms with Crippen molar-refractivity contribution >= 4 is 76.5 Å². The van der Waals surface area contributed by atoms with Crippen LogP contribution in [0, 0.1) is 11.8 Å². The van der Waals surface area contributed by atoms with Crippen molar-refractivity contribution in [1.82, 2.24) is 30.7 Å². The second kappa shape index (κ2) is 25.6. The number of rotatable bonds is 23. The molecule has 466 valence electrons. The summed E-state index contributed by atoms with van der Waals surface area (Å²) in [7, 11) is 0. The summed E-state index contributed by atoms with van der Waals surface area (Å²) in [6.45, 7) is 33.5. The van der Waals surface area contributed by atoms with Crippen molar-refractivity contribution in [3.8, 4) is 22.3 Å². The summed E-state index contributed by atoms with van der Waals surface area (Å²) in [5, 5.41) is 12.6. The van der Waals surface area contributed by atoms with E-state index in [0.29, 0.717) is 88.4 Å². The van der Waals surface area contributed by atoms with Gasteiger partial charge in [-0.1, -0.05) is 89.0 Å². The van der Waals surface area contributed by atoms with Gasteiger partial charge in [-0.3, -0.25) is 53.1 Å². The highest BCUT2D eigenvalue weighted by Crippen LogP contribution is 2.48. The van der Waals surface area contributed by atoms with Gasteiger partial charge in [-0.25, -0.2) is 14.4 Å². The Kier molecular flexibility index (Phi) is 17.7. The van der Waals surface area contributed by atoms with Gasteiger partial charge < -0.3 is 45.5 Å². The van der Waals surface area contributed by atoms with Crippen LogP contribution in [0.2, 0.25) is 0 Å². The Morgan fingerprint density at radius 2 is 0.923 bits per heavy atom. The second-order valence-corrected chi connectivity index (χ2v) is 23.0. The number of hydrogen-bond donors (Lipinski definition) is 5. The normalized spacial score (nSPS) is 18.5. The minimum absolute atomic E-state index is 0.00904. The van der Waals surface area contributed by atoms with E-state index in [0.717, 1.165) is 20.9 Å². The predicted molar refractivity (Wildman–Crippen MR) is 330 cm³/mol. The molecule has 2 aliphatic carbocycles. The average Bonchev–Trinajstić information content (AvgIpc) is 1.50. The fraction of sp³-hybridized carbons (Fsp3) is 0.250. The highest BCUT2D eigenvalue weighted by molar-refractivity contribution is 6.11. The minimum atomic E-state index is -0.937. The molecule has 2 atom stereocenters. The number of hydrogen-bond acceptors (Lipinski definition) is 15. The van der Waals surface area contributed by atoms with Crippen LogP contribution in [-0.4, -0.2) is 119 Å². The van der Waals surface area contributed by atoms with Crippen molar-refractivity contribution in [3.05, 3.63) is 204 Å². The molecule has 4 aliphatic heterocycles. The first-order chi connectivity index (χ1) is 43.2. The molecule has 4 aromatic rings. The maximum Gasteiger partial charge on any atom is 0.354 e. The number of benzene rings is 4. The molecule has 4 fully saturated rings. The van der Waals surface area contributed by atoms with E-state index in [4.69, 9.17) is 18.9 Å². The van der Waals surface area contributed by atoms with Crippen molar-refractivity contribution in [1.29, 1.82) is 0 Å². The van der Waals surface area contributed by atoms with Crippen LogP contribution >= 0.6 is 0 Å². The SMILES string of the molecule is C=C1CN(C(=C)C(=O)NC(=C)C(=O)OC2CC2c2cc3c(c(-c4ccc(NC(C)=O)cc4)c2)CN(C(=C)C(=O)NC(=C)C(=O)OCC2CC(c4cc5c(c(-c6ccc(NC(C)=O)cc6)c4)CN(C(=C)C(=O)NC(=C)C(=O)OCC4COC4)C5=O)C2)C3=O)C(=O)C1=C. The van der Waals surface area contributed by atoms with E-state index >= 15 is 0 Å². The zero-order chi connectivity index (χ0) is 65.4. The topological polar surface area (TPSA) is 295 Å². The zero-order valence-electron chi connectivity index (χ0n) is 50.0. The molecule has 4 aromatic carbocycles. The Labute approximate surface area is 522 Å². The van der Waals surface area contributed by atoms with Gasteiger partial charge in [0.05, 0.1) is 46.1 Å². The number of carbonyl (C=O) groups excluding carboxylic acids is 11. The summed E-state index contributed by atoms with van der Waals surface area (Å²) in [4.78, 5) is 148. The number of amides is 8. The number of likely N-dealkylation sites (tertiary alicyclic amines) is 1. The molecule has 2 saturated heterocycles. The van der Waals surface area contributed by atoms with Gasteiger partial charge in [0.2, 0.25) is 11.8 Å². The van der Waals surface area contributed by atoms with Crippen LogP contribution in [0.4, 0.5) is 11.4 Å². The number of anilines is 2. The summed E-state index contributed by atoms with van der Waals surface area (Å²) < 4.78 is 21.7. The van der Waals surface area contributed by atoms with Gasteiger partial charge in [-0.2, -0.15) is 0 Å². The highest BCUT2D eigenvalue weighted by Gasteiger charge is 2.45. The molecule has 91 heavy (non-hydrogen) atoms. The van der Waals surface area contributed by atoms with Crippen molar-refractivity contribution in [3.63, 3.8) is 0 Å². The lowest BCUT2D eigenvalue weighted by molar-refractivity contribution is -0.147. The summed E-state index contributed by atoms with van der Waals surface area (Å²) in [6, 6.07) is 21.2. The highest BCUT2D eigenvalue weighted by atomic mass is 16.6. The Hall–Kier alpha value is -11.1. The lowest BCUT2D eigenvalue weighted by Crippen LogP contribution is -2.37. The quantitative estimate of drug-likeness (QED) is 0.0299. The summed E-state index contributed by atoms with van der Waals surface area (Å²) in [5.74, 6) is -8.01. The molecule has 8 amide bonds. The van der Waals surface area contributed by atoms with E-state index in [1.807, 2.05) is 12.1 Å². The Morgan fingerprint density at radius 3 is 1.34 bits per heavy atom. The number of nitrogens with zero attached hydrogens (tertiary/aromatic N) is 3. The van der Waals surface area contributed by atoms with Crippen LogP contribution in [0.5, 0.6) is 0 Å². The average molecular weight is 1230 g/mol. The fourth-order valence-corrected chi connectivity index (χ4v) is 11.1. The van der Waals surface area contributed by atoms with Gasteiger partial charge in [-0.05, 0) is 118 Å². The van der Waals surface area contributed by atoms with Crippen LogP contribution in [0.3, 0.4) is 0 Å². The summed E-state index contributed by atoms with van der Waals surface area (Å²) in [6.07, 6.45) is 0.733. The third-order valence-corrected chi connectivity index (χ3v) is 16.5. The summed E-state index contributed by atoms with van der Waals surface area (Å²) in [5.41, 5.74) is 5.54. The van der Waals surface area contributed by atoms with Crippen LogP contribution < -0.4 is 26.6 Å². The fourth-order valence-electron chi connectivity index (χ4n) is 11.1. The number of carbonyl (C=O) groups is 11. The molecule has 0 bridgehead atoms. The smallest absolute Gasteiger partial charge is 0.354 e. The molecule has 0 spiro atoms. The zero-order valence-corrected chi connectivity index (χ0v) is 50.0.